The first-order chi connectivity index (χ1) is 15.4. The number of halogens is 2. The largest absolute Gasteiger partial charge is 0.379 e. The molecule has 1 aromatic heterocycles. The van der Waals surface area contributed by atoms with Crippen molar-refractivity contribution in [3.8, 4) is 6.07 Å². The summed E-state index contributed by atoms with van der Waals surface area (Å²) in [6, 6.07) is 9.31. The lowest BCUT2D eigenvalue weighted by atomic mass is 9.67. The SMILES string of the molecule is CC.CC[C@]12COC[C@@]1(c1cc(/C=C(\F)c3ccc(C#N)cn3)ccc1F)N=C(N)SC2. The zero-order valence-corrected chi connectivity index (χ0v) is 19.2. The van der Waals surface area contributed by atoms with E-state index in [0.29, 0.717) is 34.2 Å². The molecule has 1 fully saturated rings. The topological polar surface area (TPSA) is 84.3 Å². The van der Waals surface area contributed by atoms with Crippen LogP contribution in [0, 0.1) is 22.6 Å². The fourth-order valence-electron chi connectivity index (χ4n) is 4.10. The van der Waals surface area contributed by atoms with Crippen LogP contribution in [0.3, 0.4) is 0 Å². The van der Waals surface area contributed by atoms with Crippen LogP contribution >= 0.6 is 11.8 Å². The van der Waals surface area contributed by atoms with Crippen molar-refractivity contribution in [1.82, 2.24) is 4.98 Å². The van der Waals surface area contributed by atoms with Crippen molar-refractivity contribution in [2.75, 3.05) is 19.0 Å². The third-order valence-electron chi connectivity index (χ3n) is 5.91. The fraction of sp³-hybridized carbons (Fsp3) is 0.375. The molecule has 5 nitrogen and oxygen atoms in total. The van der Waals surface area contributed by atoms with Gasteiger partial charge in [-0.25, -0.2) is 13.8 Å². The quantitative estimate of drug-likeness (QED) is 0.678. The molecule has 2 atom stereocenters. The number of amidine groups is 1. The third kappa shape index (κ3) is 4.15. The molecule has 2 aliphatic heterocycles. The van der Waals surface area contributed by atoms with Crippen LogP contribution in [0.1, 0.15) is 49.6 Å². The molecule has 0 bridgehead atoms. The molecule has 1 aromatic carbocycles. The number of nitriles is 1. The van der Waals surface area contributed by atoms with Crippen molar-refractivity contribution >= 4 is 28.8 Å². The maximum Gasteiger partial charge on any atom is 0.154 e. The molecular formula is C24H26F2N4OS. The first-order valence-corrected chi connectivity index (χ1v) is 11.5. The van der Waals surface area contributed by atoms with E-state index in [2.05, 4.69) is 9.98 Å². The highest BCUT2D eigenvalue weighted by Gasteiger charge is 2.59. The number of nitrogens with zero attached hydrogens (tertiary/aromatic N) is 3. The van der Waals surface area contributed by atoms with Gasteiger partial charge >= 0.3 is 0 Å². The molecule has 32 heavy (non-hydrogen) atoms. The number of rotatable bonds is 4. The van der Waals surface area contributed by atoms with Gasteiger partial charge in [0.1, 0.15) is 23.3 Å². The zero-order chi connectivity index (χ0) is 23.4. The highest BCUT2D eigenvalue weighted by molar-refractivity contribution is 8.13. The molecule has 2 aliphatic rings. The van der Waals surface area contributed by atoms with Crippen molar-refractivity contribution < 1.29 is 13.5 Å². The van der Waals surface area contributed by atoms with E-state index >= 15 is 4.39 Å². The third-order valence-corrected chi connectivity index (χ3v) is 6.99. The standard InChI is InChI=1S/C22H20F2N4OS.C2H6/c1-2-21-11-29-12-22(21,28-20(26)30-13-21)16-7-14(3-5-17(16)23)8-18(24)19-6-4-15(9-25)10-27-19;1-2/h3-8,10H,2,11-13H2,1H3,(H2,26,28);1-2H3/b18-8-;/t21-,22+;/m1./s1. The van der Waals surface area contributed by atoms with E-state index < -0.39 is 17.2 Å². The van der Waals surface area contributed by atoms with E-state index in [1.54, 1.807) is 6.07 Å². The predicted octanol–water partition coefficient (Wildman–Crippen LogP) is 5.27. The number of hydrogen-bond acceptors (Lipinski definition) is 6. The molecule has 8 heteroatoms. The van der Waals surface area contributed by atoms with E-state index in [-0.39, 0.29) is 17.7 Å². The molecule has 0 aliphatic carbocycles. The van der Waals surface area contributed by atoms with Crippen LogP contribution in [0.25, 0.3) is 11.9 Å². The molecule has 0 saturated carbocycles. The van der Waals surface area contributed by atoms with Crippen molar-refractivity contribution in [3.63, 3.8) is 0 Å². The van der Waals surface area contributed by atoms with E-state index in [0.717, 1.165) is 6.42 Å². The lowest BCUT2D eigenvalue weighted by Gasteiger charge is -2.44. The Morgan fingerprint density at radius 2 is 2.09 bits per heavy atom. The first kappa shape index (κ1) is 23.9. The summed E-state index contributed by atoms with van der Waals surface area (Å²) in [5.41, 5.74) is 6.00. The average Bonchev–Trinajstić information content (AvgIpc) is 3.21. The zero-order valence-electron chi connectivity index (χ0n) is 18.4. The molecule has 1 saturated heterocycles. The number of hydrogen-bond donors (Lipinski definition) is 1. The van der Waals surface area contributed by atoms with Gasteiger partial charge in [-0.15, -0.1) is 0 Å². The molecule has 168 valence electrons. The minimum absolute atomic E-state index is 0.0986. The van der Waals surface area contributed by atoms with E-state index in [1.807, 2.05) is 26.8 Å². The Morgan fingerprint density at radius 1 is 1.31 bits per heavy atom. The van der Waals surface area contributed by atoms with Gasteiger partial charge in [-0.1, -0.05) is 38.6 Å². The normalized spacial score (nSPS) is 24.6. The Balaban J connectivity index is 0.00000141. The van der Waals surface area contributed by atoms with Crippen LogP contribution in [0.4, 0.5) is 8.78 Å². The molecule has 0 unspecified atom stereocenters. The summed E-state index contributed by atoms with van der Waals surface area (Å²) < 4.78 is 35.6. The van der Waals surface area contributed by atoms with E-state index in [9.17, 15) is 4.39 Å². The number of ether oxygens (including phenoxy) is 1. The molecular weight excluding hydrogens is 430 g/mol. The lowest BCUT2D eigenvalue weighted by Crippen LogP contribution is -2.49. The van der Waals surface area contributed by atoms with Gasteiger partial charge in [-0.2, -0.15) is 5.26 Å². The number of aliphatic imine (C=N–C) groups is 1. The Kier molecular flexibility index (Phi) is 7.32. The molecule has 4 rings (SSSR count). The number of thioether (sulfide) groups is 1. The summed E-state index contributed by atoms with van der Waals surface area (Å²) in [5.74, 6) is -0.320. The van der Waals surface area contributed by atoms with Crippen LogP contribution in [0.5, 0.6) is 0 Å². The number of pyridine rings is 1. The summed E-state index contributed by atoms with van der Waals surface area (Å²) in [6.07, 6.45) is 3.35. The monoisotopic (exact) mass is 456 g/mol. The first-order valence-electron chi connectivity index (χ1n) is 10.5. The molecule has 0 amide bonds. The van der Waals surface area contributed by atoms with Gasteiger partial charge < -0.3 is 10.5 Å². The van der Waals surface area contributed by atoms with Gasteiger partial charge in [0, 0.05) is 22.9 Å². The molecule has 0 radical (unpaired) electrons. The van der Waals surface area contributed by atoms with Gasteiger partial charge in [0.05, 0.1) is 24.5 Å². The van der Waals surface area contributed by atoms with Crippen LogP contribution in [-0.2, 0) is 10.3 Å². The van der Waals surface area contributed by atoms with E-state index in [1.165, 1.54) is 48.3 Å². The smallest absolute Gasteiger partial charge is 0.154 e. The van der Waals surface area contributed by atoms with Gasteiger partial charge in [0.15, 0.2) is 5.17 Å². The van der Waals surface area contributed by atoms with Gasteiger partial charge in [-0.3, -0.25) is 4.98 Å². The van der Waals surface area contributed by atoms with Crippen LogP contribution in [0.15, 0.2) is 41.5 Å². The second-order valence-electron chi connectivity index (χ2n) is 7.50. The highest BCUT2D eigenvalue weighted by Crippen LogP contribution is 2.55. The molecule has 2 N–H and O–H groups in total. The number of nitrogens with two attached hydrogens (primary N) is 1. The summed E-state index contributed by atoms with van der Waals surface area (Å²) in [7, 11) is 0. The van der Waals surface area contributed by atoms with Gasteiger partial charge in [0.25, 0.3) is 0 Å². The summed E-state index contributed by atoms with van der Waals surface area (Å²) in [4.78, 5) is 8.64. The second-order valence-corrected chi connectivity index (χ2v) is 8.50. The molecule has 2 aromatic rings. The lowest BCUT2D eigenvalue weighted by molar-refractivity contribution is 0.159. The van der Waals surface area contributed by atoms with Crippen molar-refractivity contribution in [1.29, 1.82) is 5.26 Å². The maximum absolute atomic E-state index is 15.0. The molecule has 0 spiro atoms. The Morgan fingerprint density at radius 3 is 2.75 bits per heavy atom. The van der Waals surface area contributed by atoms with E-state index in [4.69, 9.17) is 15.7 Å². The Bertz CT molecular complexity index is 1080. The number of benzene rings is 1. The van der Waals surface area contributed by atoms with Crippen molar-refractivity contribution in [2.24, 2.45) is 16.1 Å². The van der Waals surface area contributed by atoms with Crippen molar-refractivity contribution in [3.05, 3.63) is 64.7 Å². The van der Waals surface area contributed by atoms with Gasteiger partial charge in [0.2, 0.25) is 0 Å². The number of fused-ring (bicyclic) bond motifs is 1. The Hall–Kier alpha value is -2.76. The van der Waals surface area contributed by atoms with Crippen LogP contribution in [-0.4, -0.2) is 29.1 Å². The molecule has 3 heterocycles. The van der Waals surface area contributed by atoms with Gasteiger partial charge in [-0.05, 0) is 42.3 Å². The minimum Gasteiger partial charge on any atom is -0.379 e. The van der Waals surface area contributed by atoms with Crippen molar-refractivity contribution in [2.45, 2.75) is 32.7 Å². The predicted molar refractivity (Wildman–Crippen MR) is 125 cm³/mol. The number of aromatic nitrogens is 1. The van der Waals surface area contributed by atoms with Crippen LogP contribution in [0.2, 0.25) is 0 Å². The summed E-state index contributed by atoms with van der Waals surface area (Å²) in [5, 5.41) is 9.25. The minimum atomic E-state index is -0.936. The Labute approximate surface area is 191 Å². The summed E-state index contributed by atoms with van der Waals surface area (Å²) in [6.45, 7) is 6.74. The maximum atomic E-state index is 15.0. The second kappa shape index (κ2) is 9.80. The fourth-order valence-corrected chi connectivity index (χ4v) is 5.27. The highest BCUT2D eigenvalue weighted by atomic mass is 32.2. The summed E-state index contributed by atoms with van der Waals surface area (Å²) >= 11 is 1.45. The van der Waals surface area contributed by atoms with Crippen LogP contribution < -0.4 is 5.73 Å². The average molecular weight is 457 g/mol.